The monoisotopic (exact) mass is 499 g/mol. The summed E-state index contributed by atoms with van der Waals surface area (Å²) in [7, 11) is 1.58. The molecule has 190 valence electrons. The number of hydrogen-bond donors (Lipinski definition) is 2. The smallest absolute Gasteiger partial charge is 0.277 e. The van der Waals surface area contributed by atoms with Crippen molar-refractivity contribution in [2.45, 2.75) is 26.3 Å². The van der Waals surface area contributed by atoms with Crippen molar-refractivity contribution in [1.29, 1.82) is 0 Å². The second-order valence-electron chi connectivity index (χ2n) is 8.76. The van der Waals surface area contributed by atoms with Gasteiger partial charge in [-0.3, -0.25) is 9.59 Å². The summed E-state index contributed by atoms with van der Waals surface area (Å²) in [6, 6.07) is 14.9. The average molecular weight is 500 g/mol. The molecule has 3 N–H and O–H groups in total. The standard InChI is InChI=1S/C27H29N7O3/c1-3-13-29-17-23-30-14-16-32(23)18-4-6-19(7-5-18)33-15-12-22-24(26(28)35)31-34(25(22)27(33)36)20-8-10-21(37-2)11-9-20/h4-11,14,16,29H,3,12-13,15,17H2,1-2H3,(H2,28,35). The summed E-state index contributed by atoms with van der Waals surface area (Å²) in [5, 5.41) is 7.80. The van der Waals surface area contributed by atoms with Crippen LogP contribution >= 0.6 is 0 Å². The molecule has 3 heterocycles. The van der Waals surface area contributed by atoms with Gasteiger partial charge in [-0.2, -0.15) is 5.10 Å². The fraction of sp³-hybridized carbons (Fsp3) is 0.259. The van der Waals surface area contributed by atoms with E-state index in [1.807, 2.05) is 35.0 Å². The summed E-state index contributed by atoms with van der Waals surface area (Å²) in [6.07, 6.45) is 5.23. The highest BCUT2D eigenvalue weighted by Gasteiger charge is 2.34. The molecule has 2 aromatic carbocycles. The van der Waals surface area contributed by atoms with Crippen LogP contribution in [0, 0.1) is 0 Å². The van der Waals surface area contributed by atoms with E-state index in [1.165, 1.54) is 4.68 Å². The summed E-state index contributed by atoms with van der Waals surface area (Å²) in [6.45, 7) is 4.14. The number of carbonyl (C=O) groups excluding carboxylic acids is 2. The molecule has 10 nitrogen and oxygen atoms in total. The van der Waals surface area contributed by atoms with E-state index in [4.69, 9.17) is 10.5 Å². The topological polar surface area (TPSA) is 120 Å². The molecule has 0 aliphatic carbocycles. The lowest BCUT2D eigenvalue weighted by Gasteiger charge is -2.28. The van der Waals surface area contributed by atoms with Gasteiger partial charge in [-0.1, -0.05) is 6.92 Å². The number of carbonyl (C=O) groups is 2. The molecule has 10 heteroatoms. The molecule has 2 aromatic heterocycles. The maximum Gasteiger partial charge on any atom is 0.277 e. The number of nitrogens with two attached hydrogens (primary N) is 1. The predicted molar refractivity (Wildman–Crippen MR) is 140 cm³/mol. The van der Waals surface area contributed by atoms with Gasteiger partial charge in [0.25, 0.3) is 11.8 Å². The zero-order chi connectivity index (χ0) is 25.9. The van der Waals surface area contributed by atoms with E-state index in [9.17, 15) is 9.59 Å². The number of rotatable bonds is 9. The molecule has 37 heavy (non-hydrogen) atoms. The van der Waals surface area contributed by atoms with Gasteiger partial charge in [0.05, 0.1) is 19.3 Å². The van der Waals surface area contributed by atoms with E-state index in [-0.39, 0.29) is 11.6 Å². The van der Waals surface area contributed by atoms with E-state index < -0.39 is 5.91 Å². The minimum Gasteiger partial charge on any atom is -0.497 e. The molecule has 2 amide bonds. The van der Waals surface area contributed by atoms with E-state index in [1.54, 1.807) is 42.5 Å². The SMILES string of the molecule is CCCNCc1nccn1-c1ccc(N2CCc3c(C(N)=O)nn(-c4ccc(OC)cc4)c3C2=O)cc1. The number of nitrogens with zero attached hydrogens (tertiary/aromatic N) is 5. The molecular formula is C27H29N7O3. The fourth-order valence-electron chi connectivity index (χ4n) is 4.58. The largest absolute Gasteiger partial charge is 0.497 e. The van der Waals surface area contributed by atoms with Gasteiger partial charge in [0.2, 0.25) is 0 Å². The predicted octanol–water partition coefficient (Wildman–Crippen LogP) is 2.87. The van der Waals surface area contributed by atoms with Crippen molar-refractivity contribution in [1.82, 2.24) is 24.6 Å². The number of fused-ring (bicyclic) bond motifs is 1. The maximum absolute atomic E-state index is 13.7. The minimum atomic E-state index is -0.654. The molecule has 0 saturated carbocycles. The van der Waals surface area contributed by atoms with Crippen LogP contribution in [0.1, 0.15) is 45.7 Å². The highest BCUT2D eigenvalue weighted by Crippen LogP contribution is 2.30. The first kappa shape index (κ1) is 24.3. The molecule has 1 aliphatic rings. The Morgan fingerprint density at radius 3 is 2.46 bits per heavy atom. The second kappa shape index (κ2) is 10.3. The van der Waals surface area contributed by atoms with Gasteiger partial charge >= 0.3 is 0 Å². The Kier molecular flexibility index (Phi) is 6.74. The number of primary amides is 1. The molecule has 0 fully saturated rings. The van der Waals surface area contributed by atoms with Crippen molar-refractivity contribution < 1.29 is 14.3 Å². The number of amides is 2. The van der Waals surface area contributed by atoms with Crippen molar-refractivity contribution in [3.8, 4) is 17.1 Å². The maximum atomic E-state index is 13.7. The lowest BCUT2D eigenvalue weighted by atomic mass is 10.0. The van der Waals surface area contributed by atoms with Crippen molar-refractivity contribution >= 4 is 17.5 Å². The Labute approximate surface area is 214 Å². The molecular weight excluding hydrogens is 470 g/mol. The van der Waals surface area contributed by atoms with Crippen LogP contribution in [0.15, 0.2) is 60.9 Å². The lowest BCUT2D eigenvalue weighted by Crippen LogP contribution is -2.39. The molecule has 5 rings (SSSR count). The van der Waals surface area contributed by atoms with Gasteiger partial charge in [0.1, 0.15) is 17.3 Å². The van der Waals surface area contributed by atoms with Gasteiger partial charge in [-0.05, 0) is 67.9 Å². The zero-order valence-electron chi connectivity index (χ0n) is 20.8. The van der Waals surface area contributed by atoms with E-state index in [2.05, 4.69) is 22.3 Å². The van der Waals surface area contributed by atoms with Crippen LogP contribution in [0.3, 0.4) is 0 Å². The van der Waals surface area contributed by atoms with Crippen LogP contribution in [-0.2, 0) is 13.0 Å². The van der Waals surface area contributed by atoms with E-state index in [0.717, 1.165) is 30.2 Å². The van der Waals surface area contributed by atoms with Crippen molar-refractivity contribution in [3.05, 3.63) is 83.7 Å². The Morgan fingerprint density at radius 2 is 1.78 bits per heavy atom. The van der Waals surface area contributed by atoms with Crippen LogP contribution in [0.25, 0.3) is 11.4 Å². The minimum absolute atomic E-state index is 0.124. The molecule has 1 aliphatic heterocycles. The molecule has 0 spiro atoms. The lowest BCUT2D eigenvalue weighted by molar-refractivity contribution is 0.0972. The Bertz CT molecular complexity index is 1420. The highest BCUT2D eigenvalue weighted by molar-refractivity contribution is 6.09. The molecule has 0 unspecified atom stereocenters. The summed E-state index contributed by atoms with van der Waals surface area (Å²) >= 11 is 0. The third-order valence-electron chi connectivity index (χ3n) is 6.43. The number of imidazole rings is 1. The summed E-state index contributed by atoms with van der Waals surface area (Å²) in [4.78, 5) is 32.0. The van der Waals surface area contributed by atoms with Gasteiger partial charge in [-0.25, -0.2) is 9.67 Å². The number of hydrogen-bond acceptors (Lipinski definition) is 6. The van der Waals surface area contributed by atoms with Crippen LogP contribution < -0.4 is 20.7 Å². The first-order valence-corrected chi connectivity index (χ1v) is 12.2. The van der Waals surface area contributed by atoms with Gasteiger partial charge < -0.3 is 25.3 Å². The summed E-state index contributed by atoms with van der Waals surface area (Å²) < 4.78 is 8.76. The van der Waals surface area contributed by atoms with Gasteiger partial charge in [-0.15, -0.1) is 0 Å². The second-order valence-corrected chi connectivity index (χ2v) is 8.76. The Hall–Kier alpha value is -4.44. The Balaban J connectivity index is 1.45. The fourth-order valence-corrected chi connectivity index (χ4v) is 4.58. The van der Waals surface area contributed by atoms with Crippen molar-refractivity contribution in [3.63, 3.8) is 0 Å². The summed E-state index contributed by atoms with van der Waals surface area (Å²) in [5.74, 6) is 0.702. The van der Waals surface area contributed by atoms with Gasteiger partial charge in [0, 0.05) is 35.9 Å². The first-order valence-electron chi connectivity index (χ1n) is 12.2. The van der Waals surface area contributed by atoms with Crippen molar-refractivity contribution in [2.75, 3.05) is 25.1 Å². The quantitative estimate of drug-likeness (QED) is 0.342. The number of benzene rings is 2. The van der Waals surface area contributed by atoms with Crippen LogP contribution in [0.5, 0.6) is 5.75 Å². The van der Waals surface area contributed by atoms with E-state index in [0.29, 0.717) is 42.2 Å². The van der Waals surface area contributed by atoms with Crippen LogP contribution in [0.4, 0.5) is 5.69 Å². The molecule has 0 bridgehead atoms. The van der Waals surface area contributed by atoms with E-state index >= 15 is 0 Å². The third kappa shape index (κ3) is 4.58. The third-order valence-corrected chi connectivity index (χ3v) is 6.43. The van der Waals surface area contributed by atoms with Crippen LogP contribution in [-0.4, -0.2) is 51.3 Å². The van der Waals surface area contributed by atoms with Crippen molar-refractivity contribution in [2.24, 2.45) is 5.73 Å². The number of anilines is 1. The normalized spacial score (nSPS) is 13.0. The average Bonchev–Trinajstić information content (AvgIpc) is 3.55. The molecule has 0 saturated heterocycles. The number of methoxy groups -OCH3 is 1. The molecule has 0 atom stereocenters. The van der Waals surface area contributed by atoms with Crippen LogP contribution in [0.2, 0.25) is 0 Å². The molecule has 0 radical (unpaired) electrons. The molecule has 4 aromatic rings. The van der Waals surface area contributed by atoms with Gasteiger partial charge in [0.15, 0.2) is 5.69 Å². The number of aromatic nitrogens is 4. The highest BCUT2D eigenvalue weighted by atomic mass is 16.5. The first-order chi connectivity index (χ1) is 18.0. The Morgan fingerprint density at radius 1 is 1.08 bits per heavy atom. The number of ether oxygens (including phenoxy) is 1. The zero-order valence-corrected chi connectivity index (χ0v) is 20.8. The summed E-state index contributed by atoms with van der Waals surface area (Å²) in [5.41, 5.74) is 9.00. The number of nitrogens with one attached hydrogen (secondary N) is 1.